The van der Waals surface area contributed by atoms with Crippen LogP contribution >= 0.6 is 37.2 Å². The van der Waals surface area contributed by atoms with Gasteiger partial charge in [0, 0.05) is 37.2 Å². The Bertz CT molecular complexity index is 541. The molecule has 4 atom stereocenters. The monoisotopic (exact) mass is 518 g/mol. The molecule has 0 saturated carbocycles. The van der Waals surface area contributed by atoms with Crippen molar-refractivity contribution >= 4 is 61.1 Å². The number of carbonyl (C=O) groups excluding carboxylic acids is 4. The van der Waals surface area contributed by atoms with Crippen LogP contribution in [-0.2, 0) is 28.7 Å². The van der Waals surface area contributed by atoms with Gasteiger partial charge < -0.3 is 9.47 Å². The van der Waals surface area contributed by atoms with Crippen LogP contribution in [0.2, 0.25) is 0 Å². The summed E-state index contributed by atoms with van der Waals surface area (Å²) in [7, 11) is 0. The molecule has 2 saturated heterocycles. The number of ether oxygens (including phenoxy) is 2. The summed E-state index contributed by atoms with van der Waals surface area (Å²) in [6.45, 7) is 1.74. The maximum Gasteiger partial charge on any atom is 0.321 e. The van der Waals surface area contributed by atoms with Gasteiger partial charge in [0.25, 0.3) is 0 Å². The highest BCUT2D eigenvalue weighted by Crippen LogP contribution is 2.43. The van der Waals surface area contributed by atoms with Crippen LogP contribution in [0.15, 0.2) is 11.6 Å². The van der Waals surface area contributed by atoms with Crippen LogP contribution in [0.3, 0.4) is 0 Å². The van der Waals surface area contributed by atoms with Crippen LogP contribution in [0, 0.1) is 23.7 Å². The van der Waals surface area contributed by atoms with E-state index in [-0.39, 0.29) is 12.3 Å². The van der Waals surface area contributed by atoms with Crippen molar-refractivity contribution in [1.82, 2.24) is 0 Å². The highest BCUT2D eigenvalue weighted by atomic mass is 128. The highest BCUT2D eigenvalue weighted by molar-refractivity contribution is 15.0. The summed E-state index contributed by atoms with van der Waals surface area (Å²) in [6, 6.07) is 0. The van der Waals surface area contributed by atoms with E-state index in [1.807, 2.05) is 0 Å². The summed E-state index contributed by atoms with van der Waals surface area (Å²) in [5.41, 5.74) is 0.726. The molecule has 3 rings (SSSR count). The molecule has 6 nitrogen and oxygen atoms in total. The molecule has 2 fully saturated rings. The molecule has 0 bridgehead atoms. The van der Waals surface area contributed by atoms with E-state index in [9.17, 15) is 19.2 Å². The van der Waals surface area contributed by atoms with Crippen LogP contribution in [0.25, 0.3) is 0 Å². The Labute approximate surface area is 144 Å². The zero-order valence-electron chi connectivity index (χ0n) is 11.0. The lowest BCUT2D eigenvalue weighted by atomic mass is 9.72. The first-order chi connectivity index (χ1) is 9.97. The Morgan fingerprint density at radius 2 is 1.62 bits per heavy atom. The Morgan fingerprint density at radius 3 is 2.19 bits per heavy atom. The number of cyclic esters (lactones) is 4. The molecule has 2 aliphatic heterocycles. The maximum absolute atomic E-state index is 11.6. The predicted octanol–water partition coefficient (Wildman–Crippen LogP) is 2.13. The average Bonchev–Trinajstić information content (AvgIpc) is 2.92. The topological polar surface area (TPSA) is 86.7 Å². The summed E-state index contributed by atoms with van der Waals surface area (Å²) in [4.78, 5) is 45.9. The molecular formula is C13H12I2O6. The van der Waals surface area contributed by atoms with Gasteiger partial charge in [-0.15, -0.1) is 0 Å². The summed E-state index contributed by atoms with van der Waals surface area (Å²) < 4.78 is 9.17. The first kappa shape index (κ1) is 16.8. The zero-order chi connectivity index (χ0) is 15.7. The number of halogens is 2. The Kier molecular flexibility index (Phi) is 5.38. The van der Waals surface area contributed by atoms with Crippen molar-refractivity contribution in [3.8, 4) is 0 Å². The molecule has 0 radical (unpaired) electrons. The molecule has 21 heavy (non-hydrogen) atoms. The lowest BCUT2D eigenvalue weighted by molar-refractivity contribution is -0.155. The van der Waals surface area contributed by atoms with E-state index in [0.717, 1.165) is 5.57 Å². The number of esters is 4. The summed E-state index contributed by atoms with van der Waals surface area (Å²) in [5.74, 6) is -4.01. The Morgan fingerprint density at radius 1 is 1.00 bits per heavy atom. The Balaban J connectivity index is 0.000000774. The van der Waals surface area contributed by atoms with E-state index in [1.54, 1.807) is 13.0 Å². The average molecular weight is 518 g/mol. The van der Waals surface area contributed by atoms with Crippen molar-refractivity contribution in [2.24, 2.45) is 23.7 Å². The molecular weight excluding hydrogens is 506 g/mol. The second-order valence-corrected chi connectivity index (χ2v) is 5.24. The second-order valence-electron chi connectivity index (χ2n) is 5.24. The van der Waals surface area contributed by atoms with Gasteiger partial charge in [0.2, 0.25) is 0 Å². The van der Waals surface area contributed by atoms with E-state index in [2.05, 4.69) is 46.7 Å². The van der Waals surface area contributed by atoms with Gasteiger partial charge in [0.1, 0.15) is 0 Å². The van der Waals surface area contributed by atoms with Gasteiger partial charge in [0.05, 0.1) is 24.2 Å². The van der Waals surface area contributed by atoms with Gasteiger partial charge >= 0.3 is 23.9 Å². The molecule has 2 heterocycles. The van der Waals surface area contributed by atoms with Gasteiger partial charge in [-0.25, -0.2) is 0 Å². The van der Waals surface area contributed by atoms with Crippen LogP contribution < -0.4 is 0 Å². The molecule has 8 heteroatoms. The van der Waals surface area contributed by atoms with Gasteiger partial charge in [-0.2, -0.15) is 0 Å². The highest BCUT2D eigenvalue weighted by Gasteiger charge is 2.51. The molecule has 0 N–H and O–H groups in total. The van der Waals surface area contributed by atoms with Crippen LogP contribution in [0.4, 0.5) is 0 Å². The minimum absolute atomic E-state index is 0.0354. The smallest absolute Gasteiger partial charge is 0.321 e. The number of hydrogen-bond donors (Lipinski definition) is 0. The molecule has 3 aliphatic rings. The summed E-state index contributed by atoms with van der Waals surface area (Å²) in [6.07, 6.45) is 2.18. The standard InChI is InChI=1S/C13H12O6.I2/c1-5-2-6(7-4-9(14)18-11(7)15)3-8-10(5)13(17)19-12(8)16;1-2/h2,6-8,10H,3-4H2,1H3;. The normalized spacial score (nSPS) is 34.5. The molecule has 114 valence electrons. The molecule has 0 aromatic rings. The SMILES string of the molecule is CC1=CC(C2CC(=O)OC2=O)CC2C(=O)OC(=O)C12.II. The quantitative estimate of drug-likeness (QED) is 0.229. The summed E-state index contributed by atoms with van der Waals surface area (Å²) in [5, 5.41) is 0. The third-order valence-corrected chi connectivity index (χ3v) is 4.07. The predicted molar refractivity (Wildman–Crippen MR) is 87.2 cm³/mol. The number of allylic oxidation sites excluding steroid dienone is 1. The molecule has 0 spiro atoms. The number of hydrogen-bond acceptors (Lipinski definition) is 6. The zero-order valence-corrected chi connectivity index (χ0v) is 15.3. The fourth-order valence-electron chi connectivity index (χ4n) is 3.18. The van der Waals surface area contributed by atoms with Crippen molar-refractivity contribution in [2.45, 2.75) is 19.8 Å². The summed E-state index contributed by atoms with van der Waals surface area (Å²) >= 11 is 4.24. The third-order valence-electron chi connectivity index (χ3n) is 4.07. The first-order valence-electron chi connectivity index (χ1n) is 6.30. The van der Waals surface area contributed by atoms with E-state index in [1.165, 1.54) is 0 Å². The molecule has 0 aromatic carbocycles. The van der Waals surface area contributed by atoms with Gasteiger partial charge in [-0.05, 0) is 19.3 Å². The largest absolute Gasteiger partial charge is 0.393 e. The molecule has 0 amide bonds. The molecule has 1 aliphatic carbocycles. The molecule has 0 aromatic heterocycles. The first-order valence-corrected chi connectivity index (χ1v) is 12.6. The van der Waals surface area contributed by atoms with E-state index in [0.29, 0.717) is 6.42 Å². The number of rotatable bonds is 1. The van der Waals surface area contributed by atoms with Crippen LogP contribution in [0.1, 0.15) is 19.8 Å². The minimum atomic E-state index is -0.549. The number of fused-ring (bicyclic) bond motifs is 1. The number of carbonyl (C=O) groups is 4. The lowest BCUT2D eigenvalue weighted by Crippen LogP contribution is -2.31. The van der Waals surface area contributed by atoms with Crippen molar-refractivity contribution in [1.29, 1.82) is 0 Å². The van der Waals surface area contributed by atoms with Crippen molar-refractivity contribution in [2.75, 3.05) is 0 Å². The maximum atomic E-state index is 11.6. The Hall–Kier alpha value is -0.520. The lowest BCUT2D eigenvalue weighted by Gasteiger charge is -2.27. The third kappa shape index (κ3) is 3.15. The molecule has 4 unspecified atom stereocenters. The van der Waals surface area contributed by atoms with Gasteiger partial charge in [-0.3, -0.25) is 19.2 Å². The van der Waals surface area contributed by atoms with Crippen LogP contribution in [0.5, 0.6) is 0 Å². The van der Waals surface area contributed by atoms with Crippen molar-refractivity contribution in [3.05, 3.63) is 11.6 Å². The van der Waals surface area contributed by atoms with E-state index >= 15 is 0 Å². The van der Waals surface area contributed by atoms with Crippen molar-refractivity contribution < 1.29 is 28.7 Å². The van der Waals surface area contributed by atoms with Gasteiger partial charge in [0.15, 0.2) is 0 Å². The second kappa shape index (κ2) is 6.71. The van der Waals surface area contributed by atoms with Crippen LogP contribution in [-0.4, -0.2) is 23.9 Å². The fraction of sp³-hybridized carbons (Fsp3) is 0.538. The van der Waals surface area contributed by atoms with Crippen molar-refractivity contribution in [3.63, 3.8) is 0 Å². The van der Waals surface area contributed by atoms with E-state index < -0.39 is 41.6 Å². The van der Waals surface area contributed by atoms with Gasteiger partial charge in [-0.1, -0.05) is 11.6 Å². The fourth-order valence-corrected chi connectivity index (χ4v) is 3.18. The minimum Gasteiger partial charge on any atom is -0.393 e. The van der Waals surface area contributed by atoms with E-state index in [4.69, 9.17) is 0 Å².